The van der Waals surface area contributed by atoms with Crippen molar-refractivity contribution >= 4 is 20.8 Å². The van der Waals surface area contributed by atoms with E-state index in [1.54, 1.807) is 25.3 Å². The second-order valence-corrected chi connectivity index (χ2v) is 8.72. The standard InChI is InChI=1S/C22H25NO3S/c1-14-10-16(3)22(11-15(14)2)17(4)23-27(24,25)21-9-7-18-12-20(26-5)8-6-19(18)13-21/h6-13,17,23H,1-5H3. The van der Waals surface area contributed by atoms with Crippen molar-refractivity contribution in [3.8, 4) is 5.75 Å². The van der Waals surface area contributed by atoms with E-state index in [9.17, 15) is 8.42 Å². The van der Waals surface area contributed by atoms with Crippen molar-refractivity contribution in [1.29, 1.82) is 0 Å². The predicted molar refractivity (Wildman–Crippen MR) is 110 cm³/mol. The van der Waals surface area contributed by atoms with Crippen LogP contribution in [0.15, 0.2) is 53.4 Å². The fourth-order valence-corrected chi connectivity index (χ4v) is 4.57. The third kappa shape index (κ3) is 3.99. The molecule has 0 fully saturated rings. The molecule has 5 heteroatoms. The summed E-state index contributed by atoms with van der Waals surface area (Å²) in [6.07, 6.45) is 0. The van der Waals surface area contributed by atoms with E-state index in [2.05, 4.69) is 23.8 Å². The molecular formula is C22H25NO3S. The van der Waals surface area contributed by atoms with E-state index in [-0.39, 0.29) is 10.9 Å². The largest absolute Gasteiger partial charge is 0.497 e. The molecule has 3 aromatic carbocycles. The van der Waals surface area contributed by atoms with Crippen LogP contribution in [0.3, 0.4) is 0 Å². The molecule has 142 valence electrons. The lowest BCUT2D eigenvalue weighted by Gasteiger charge is -2.19. The van der Waals surface area contributed by atoms with Crippen molar-refractivity contribution in [2.24, 2.45) is 0 Å². The Labute approximate surface area is 161 Å². The number of sulfonamides is 1. The van der Waals surface area contributed by atoms with Crippen LogP contribution in [0.1, 0.15) is 35.2 Å². The van der Waals surface area contributed by atoms with E-state index in [0.717, 1.165) is 33.2 Å². The van der Waals surface area contributed by atoms with Crippen LogP contribution in [-0.4, -0.2) is 15.5 Å². The van der Waals surface area contributed by atoms with Gasteiger partial charge < -0.3 is 4.74 Å². The number of hydrogen-bond acceptors (Lipinski definition) is 3. The Morgan fingerprint density at radius 1 is 0.852 bits per heavy atom. The SMILES string of the molecule is COc1ccc2cc(S(=O)(=O)NC(C)c3cc(C)c(C)cc3C)ccc2c1. The summed E-state index contributed by atoms with van der Waals surface area (Å²) in [6.45, 7) is 7.98. The highest BCUT2D eigenvalue weighted by molar-refractivity contribution is 7.89. The van der Waals surface area contributed by atoms with Crippen LogP contribution in [-0.2, 0) is 10.0 Å². The molecule has 27 heavy (non-hydrogen) atoms. The smallest absolute Gasteiger partial charge is 0.241 e. The average molecular weight is 384 g/mol. The Morgan fingerprint density at radius 3 is 2.19 bits per heavy atom. The Hall–Kier alpha value is -2.37. The maximum absolute atomic E-state index is 12.9. The molecule has 0 spiro atoms. The average Bonchev–Trinajstić information content (AvgIpc) is 2.63. The minimum atomic E-state index is -3.64. The van der Waals surface area contributed by atoms with Crippen molar-refractivity contribution in [2.45, 2.75) is 38.6 Å². The zero-order valence-electron chi connectivity index (χ0n) is 16.3. The molecule has 0 saturated carbocycles. The van der Waals surface area contributed by atoms with Crippen molar-refractivity contribution in [1.82, 2.24) is 4.72 Å². The predicted octanol–water partition coefficient (Wildman–Crippen LogP) is 4.81. The molecule has 0 aromatic heterocycles. The third-order valence-corrected chi connectivity index (χ3v) is 6.55. The number of hydrogen-bond donors (Lipinski definition) is 1. The van der Waals surface area contributed by atoms with Crippen LogP contribution in [0.5, 0.6) is 5.75 Å². The molecule has 0 bridgehead atoms. The minimum absolute atomic E-state index is 0.258. The molecule has 0 radical (unpaired) electrons. The van der Waals surface area contributed by atoms with E-state index >= 15 is 0 Å². The topological polar surface area (TPSA) is 55.4 Å². The Bertz CT molecular complexity index is 1100. The lowest BCUT2D eigenvalue weighted by Crippen LogP contribution is -2.27. The summed E-state index contributed by atoms with van der Waals surface area (Å²) in [5.74, 6) is 0.745. The number of ether oxygens (including phenoxy) is 1. The summed E-state index contributed by atoms with van der Waals surface area (Å²) in [7, 11) is -2.02. The lowest BCUT2D eigenvalue weighted by molar-refractivity contribution is 0.415. The first-order valence-electron chi connectivity index (χ1n) is 8.89. The molecule has 0 aliphatic carbocycles. The summed E-state index contributed by atoms with van der Waals surface area (Å²) in [4.78, 5) is 0.258. The van der Waals surface area contributed by atoms with E-state index in [1.165, 1.54) is 5.56 Å². The van der Waals surface area contributed by atoms with Gasteiger partial charge in [-0.3, -0.25) is 0 Å². The summed E-state index contributed by atoms with van der Waals surface area (Å²) >= 11 is 0. The van der Waals surface area contributed by atoms with E-state index in [4.69, 9.17) is 4.74 Å². The summed E-state index contributed by atoms with van der Waals surface area (Å²) in [6, 6.07) is 14.5. The number of methoxy groups -OCH3 is 1. The fraction of sp³-hybridized carbons (Fsp3) is 0.273. The molecule has 4 nitrogen and oxygen atoms in total. The summed E-state index contributed by atoms with van der Waals surface area (Å²) in [5.41, 5.74) is 4.43. The van der Waals surface area contributed by atoms with Crippen LogP contribution in [0, 0.1) is 20.8 Å². The number of aryl methyl sites for hydroxylation is 3. The van der Waals surface area contributed by atoms with Gasteiger partial charge >= 0.3 is 0 Å². The maximum Gasteiger partial charge on any atom is 0.241 e. The van der Waals surface area contributed by atoms with Gasteiger partial charge in [0, 0.05) is 6.04 Å². The Morgan fingerprint density at radius 2 is 1.48 bits per heavy atom. The monoisotopic (exact) mass is 383 g/mol. The fourth-order valence-electron chi connectivity index (χ4n) is 3.31. The van der Waals surface area contributed by atoms with Crippen LogP contribution >= 0.6 is 0 Å². The quantitative estimate of drug-likeness (QED) is 0.688. The Balaban J connectivity index is 1.92. The van der Waals surface area contributed by atoms with E-state index in [0.29, 0.717) is 0 Å². The minimum Gasteiger partial charge on any atom is -0.497 e. The second-order valence-electron chi connectivity index (χ2n) is 7.01. The van der Waals surface area contributed by atoms with Crippen LogP contribution in [0.2, 0.25) is 0 Å². The van der Waals surface area contributed by atoms with Gasteiger partial charge in [0.05, 0.1) is 12.0 Å². The summed E-state index contributed by atoms with van der Waals surface area (Å²) in [5, 5.41) is 1.79. The zero-order valence-corrected chi connectivity index (χ0v) is 17.1. The zero-order chi connectivity index (χ0) is 19.8. The highest BCUT2D eigenvalue weighted by Gasteiger charge is 2.20. The number of fused-ring (bicyclic) bond motifs is 1. The highest BCUT2D eigenvalue weighted by Crippen LogP contribution is 2.26. The lowest BCUT2D eigenvalue weighted by atomic mass is 9.97. The summed E-state index contributed by atoms with van der Waals surface area (Å²) < 4.78 is 33.9. The molecule has 3 aromatic rings. The molecule has 3 rings (SSSR count). The second kappa shape index (κ2) is 7.33. The van der Waals surface area contributed by atoms with Gasteiger partial charge in [-0.05, 0) is 85.0 Å². The third-order valence-electron chi connectivity index (χ3n) is 5.01. The molecule has 0 saturated heterocycles. The number of rotatable bonds is 5. The molecule has 1 N–H and O–H groups in total. The van der Waals surface area contributed by atoms with Crippen LogP contribution in [0.4, 0.5) is 0 Å². The molecule has 0 amide bonds. The molecule has 0 aliphatic heterocycles. The van der Waals surface area contributed by atoms with Gasteiger partial charge in [0.25, 0.3) is 0 Å². The van der Waals surface area contributed by atoms with Crippen molar-refractivity contribution in [3.63, 3.8) is 0 Å². The van der Waals surface area contributed by atoms with Gasteiger partial charge in [-0.2, -0.15) is 0 Å². The van der Waals surface area contributed by atoms with Gasteiger partial charge in [0.2, 0.25) is 10.0 Å². The van der Waals surface area contributed by atoms with Crippen LogP contribution in [0.25, 0.3) is 10.8 Å². The van der Waals surface area contributed by atoms with E-state index in [1.807, 2.05) is 39.0 Å². The molecule has 0 heterocycles. The van der Waals surface area contributed by atoms with Gasteiger partial charge in [-0.1, -0.05) is 24.3 Å². The normalized spacial score (nSPS) is 12.9. The maximum atomic E-state index is 12.9. The van der Waals surface area contributed by atoms with Gasteiger partial charge in [0.15, 0.2) is 0 Å². The highest BCUT2D eigenvalue weighted by atomic mass is 32.2. The molecular weight excluding hydrogens is 358 g/mol. The van der Waals surface area contributed by atoms with E-state index < -0.39 is 10.0 Å². The van der Waals surface area contributed by atoms with Crippen LogP contribution < -0.4 is 9.46 Å². The molecule has 1 atom stereocenters. The number of nitrogens with one attached hydrogen (secondary N) is 1. The first-order chi connectivity index (χ1) is 12.7. The molecule has 0 aliphatic rings. The number of benzene rings is 3. The first kappa shape index (κ1) is 19.4. The van der Waals surface area contributed by atoms with Gasteiger partial charge in [-0.15, -0.1) is 0 Å². The van der Waals surface area contributed by atoms with Crippen molar-refractivity contribution < 1.29 is 13.2 Å². The van der Waals surface area contributed by atoms with Crippen molar-refractivity contribution in [3.05, 3.63) is 70.8 Å². The first-order valence-corrected chi connectivity index (χ1v) is 10.4. The molecule has 1 unspecified atom stereocenters. The van der Waals surface area contributed by atoms with Crippen molar-refractivity contribution in [2.75, 3.05) is 7.11 Å². The van der Waals surface area contributed by atoms with Gasteiger partial charge in [-0.25, -0.2) is 13.1 Å². The Kier molecular flexibility index (Phi) is 5.27. The van der Waals surface area contributed by atoms with Gasteiger partial charge in [0.1, 0.15) is 5.75 Å².